The minimum absolute atomic E-state index is 0.888. The predicted molar refractivity (Wildman–Crippen MR) is 60.5 cm³/mol. The Morgan fingerprint density at radius 1 is 0.923 bits per heavy atom. The van der Waals surface area contributed by atoms with Gasteiger partial charge in [-0.05, 0) is 25.7 Å². The molecule has 0 bridgehead atoms. The van der Waals surface area contributed by atoms with Gasteiger partial charge in [0, 0.05) is 0 Å². The summed E-state index contributed by atoms with van der Waals surface area (Å²) in [6, 6.07) is 0. The first kappa shape index (κ1) is 12.2. The third-order valence-corrected chi connectivity index (χ3v) is 1.83. The number of hydrogen-bond acceptors (Lipinski definition) is 0. The molecule has 0 aromatic carbocycles. The van der Waals surface area contributed by atoms with Crippen LogP contribution in [-0.4, -0.2) is 0 Å². The monoisotopic (exact) mass is 177 g/mol. The van der Waals surface area contributed by atoms with Gasteiger partial charge >= 0.3 is 0 Å². The highest BCUT2D eigenvalue weighted by Crippen LogP contribution is 1.99. The molecule has 0 heterocycles. The zero-order valence-electron chi connectivity index (χ0n) is 8.71. The second-order valence-corrected chi connectivity index (χ2v) is 3.13. The van der Waals surface area contributed by atoms with Crippen molar-refractivity contribution in [1.82, 2.24) is 0 Å². The van der Waals surface area contributed by atoms with E-state index in [9.17, 15) is 0 Å². The van der Waals surface area contributed by atoms with Crippen molar-refractivity contribution in [3.05, 3.63) is 37.0 Å². The molecule has 0 aliphatic rings. The number of allylic oxidation sites excluding steroid dienone is 5. The van der Waals surface area contributed by atoms with Crippen molar-refractivity contribution in [2.75, 3.05) is 0 Å². The third kappa shape index (κ3) is 11.2. The molecule has 0 heteroatoms. The van der Waals surface area contributed by atoms with E-state index in [0.717, 1.165) is 19.3 Å². The van der Waals surface area contributed by atoms with Crippen LogP contribution in [0.5, 0.6) is 0 Å². The van der Waals surface area contributed by atoms with E-state index in [2.05, 4.69) is 31.2 Å². The average Bonchev–Trinajstić information content (AvgIpc) is 2.16. The topological polar surface area (TPSA) is 0 Å². The highest BCUT2D eigenvalue weighted by Gasteiger charge is 1.78. The Labute approximate surface area is 83.0 Å². The van der Waals surface area contributed by atoms with Gasteiger partial charge in [-0.3, -0.25) is 0 Å². The fourth-order valence-corrected chi connectivity index (χ4v) is 1.04. The van der Waals surface area contributed by atoms with Crippen LogP contribution in [0.25, 0.3) is 0 Å². The van der Waals surface area contributed by atoms with Crippen molar-refractivity contribution < 1.29 is 0 Å². The van der Waals surface area contributed by atoms with Crippen LogP contribution in [0.15, 0.2) is 30.4 Å². The van der Waals surface area contributed by atoms with Crippen LogP contribution in [0.1, 0.15) is 45.4 Å². The van der Waals surface area contributed by atoms with Crippen LogP contribution in [-0.2, 0) is 0 Å². The summed E-state index contributed by atoms with van der Waals surface area (Å²) in [6.07, 6.45) is 17.5. The molecule has 0 amide bonds. The smallest absolute Gasteiger partial charge is 0.0166 e. The molecule has 0 N–H and O–H groups in total. The van der Waals surface area contributed by atoms with E-state index < -0.39 is 0 Å². The van der Waals surface area contributed by atoms with E-state index in [1.807, 2.05) is 0 Å². The Morgan fingerprint density at radius 3 is 2.15 bits per heavy atom. The Bertz CT molecular complexity index is 151. The summed E-state index contributed by atoms with van der Waals surface area (Å²) in [5.41, 5.74) is 0. The fourth-order valence-electron chi connectivity index (χ4n) is 1.04. The van der Waals surface area contributed by atoms with E-state index in [0.29, 0.717) is 0 Å². The Balaban J connectivity index is 3.14. The van der Waals surface area contributed by atoms with Crippen molar-refractivity contribution in [2.24, 2.45) is 0 Å². The molecule has 13 heavy (non-hydrogen) atoms. The van der Waals surface area contributed by atoms with Crippen molar-refractivity contribution >= 4 is 0 Å². The Morgan fingerprint density at radius 2 is 1.54 bits per heavy atom. The first-order valence-corrected chi connectivity index (χ1v) is 5.25. The first-order valence-electron chi connectivity index (χ1n) is 5.25. The molecule has 0 aromatic rings. The molecule has 0 aromatic heterocycles. The van der Waals surface area contributed by atoms with Crippen LogP contribution >= 0.6 is 0 Å². The minimum atomic E-state index is 0.888. The molecule has 0 saturated carbocycles. The average molecular weight is 177 g/mol. The summed E-state index contributed by atoms with van der Waals surface area (Å²) in [4.78, 5) is 0. The summed E-state index contributed by atoms with van der Waals surface area (Å²) in [7, 11) is 0. The molecule has 0 atom stereocenters. The van der Waals surface area contributed by atoms with Gasteiger partial charge in [-0.15, -0.1) is 0 Å². The van der Waals surface area contributed by atoms with Crippen LogP contribution in [0.2, 0.25) is 0 Å². The van der Waals surface area contributed by atoms with Crippen LogP contribution in [0.3, 0.4) is 0 Å². The van der Waals surface area contributed by atoms with Crippen molar-refractivity contribution in [2.45, 2.75) is 45.4 Å². The lowest BCUT2D eigenvalue weighted by molar-refractivity contribution is 0.811. The van der Waals surface area contributed by atoms with Crippen LogP contribution in [0, 0.1) is 6.58 Å². The second-order valence-electron chi connectivity index (χ2n) is 3.13. The van der Waals surface area contributed by atoms with E-state index in [-0.39, 0.29) is 0 Å². The maximum atomic E-state index is 5.23. The third-order valence-electron chi connectivity index (χ3n) is 1.83. The molecular formula is C13H21. The molecule has 73 valence electrons. The SMILES string of the molecule is [CH]=CCC=CCCC=CCCCC. The van der Waals surface area contributed by atoms with Crippen LogP contribution in [0.4, 0.5) is 0 Å². The Hall–Kier alpha value is -0.780. The largest absolute Gasteiger partial charge is 0.0885 e. The van der Waals surface area contributed by atoms with E-state index >= 15 is 0 Å². The lowest BCUT2D eigenvalue weighted by atomic mass is 10.2. The molecule has 0 fully saturated rings. The highest BCUT2D eigenvalue weighted by molar-refractivity contribution is 4.90. The maximum Gasteiger partial charge on any atom is -0.0166 e. The summed E-state index contributed by atoms with van der Waals surface area (Å²) in [5.74, 6) is 0. The van der Waals surface area contributed by atoms with Gasteiger partial charge in [0.05, 0.1) is 0 Å². The normalized spacial score (nSPS) is 11.5. The summed E-state index contributed by atoms with van der Waals surface area (Å²) >= 11 is 0. The summed E-state index contributed by atoms with van der Waals surface area (Å²) in [6.45, 7) is 7.46. The molecule has 0 spiro atoms. The minimum Gasteiger partial charge on any atom is -0.0885 e. The number of hydrogen-bond donors (Lipinski definition) is 0. The summed E-state index contributed by atoms with van der Waals surface area (Å²) in [5, 5.41) is 0. The number of rotatable bonds is 8. The van der Waals surface area contributed by atoms with E-state index in [1.165, 1.54) is 19.3 Å². The molecule has 1 radical (unpaired) electrons. The van der Waals surface area contributed by atoms with Gasteiger partial charge in [-0.25, -0.2) is 0 Å². The molecule has 0 aliphatic heterocycles. The van der Waals surface area contributed by atoms with Gasteiger partial charge in [0.2, 0.25) is 0 Å². The zero-order valence-corrected chi connectivity index (χ0v) is 8.71. The second kappa shape index (κ2) is 11.2. The standard InChI is InChI=1S/C13H21/c1-3-5-7-9-11-13-12-10-8-6-4-2/h1,3,7,9-10,12H,4-6,8,11,13H2,2H3. The van der Waals surface area contributed by atoms with Gasteiger partial charge in [0.25, 0.3) is 0 Å². The van der Waals surface area contributed by atoms with Crippen molar-refractivity contribution in [3.63, 3.8) is 0 Å². The lowest BCUT2D eigenvalue weighted by Gasteiger charge is -1.89. The number of unbranched alkanes of at least 4 members (excludes halogenated alkanes) is 3. The fraction of sp³-hybridized carbons (Fsp3) is 0.538. The lowest BCUT2D eigenvalue weighted by Crippen LogP contribution is -1.68. The van der Waals surface area contributed by atoms with Gasteiger partial charge in [0.1, 0.15) is 0 Å². The van der Waals surface area contributed by atoms with E-state index in [4.69, 9.17) is 6.58 Å². The summed E-state index contributed by atoms with van der Waals surface area (Å²) < 4.78 is 0. The molecule has 0 saturated heterocycles. The first-order chi connectivity index (χ1) is 6.41. The van der Waals surface area contributed by atoms with Gasteiger partial charge in [-0.1, -0.05) is 56.7 Å². The zero-order chi connectivity index (χ0) is 9.78. The molecule has 0 nitrogen and oxygen atoms in total. The predicted octanol–water partition coefficient (Wildman–Crippen LogP) is 4.45. The molecule has 0 aliphatic carbocycles. The molecule has 0 rings (SSSR count). The van der Waals surface area contributed by atoms with Crippen molar-refractivity contribution in [1.29, 1.82) is 0 Å². The van der Waals surface area contributed by atoms with Gasteiger partial charge in [-0.2, -0.15) is 0 Å². The van der Waals surface area contributed by atoms with Crippen LogP contribution < -0.4 is 0 Å². The van der Waals surface area contributed by atoms with E-state index in [1.54, 1.807) is 6.08 Å². The quantitative estimate of drug-likeness (QED) is 0.379. The molecule has 0 unspecified atom stereocenters. The Kier molecular flexibility index (Phi) is 10.5. The van der Waals surface area contributed by atoms with Gasteiger partial charge < -0.3 is 0 Å². The van der Waals surface area contributed by atoms with Crippen molar-refractivity contribution in [3.8, 4) is 0 Å². The maximum absolute atomic E-state index is 5.23. The van der Waals surface area contributed by atoms with Gasteiger partial charge in [0.15, 0.2) is 0 Å². The highest BCUT2D eigenvalue weighted by atomic mass is 13.8. The molecular weight excluding hydrogens is 156 g/mol.